The molecule has 1 aromatic carbocycles. The van der Waals surface area contributed by atoms with E-state index in [1.165, 1.54) is 6.92 Å². The predicted octanol–water partition coefficient (Wildman–Crippen LogP) is 1.01. The molecule has 1 fully saturated rings. The maximum atomic E-state index is 12.7. The maximum absolute atomic E-state index is 12.7. The van der Waals surface area contributed by atoms with Crippen LogP contribution in [0.25, 0.3) is 5.69 Å². The number of carbonyl (C=O) groups is 4. The first-order valence-corrected chi connectivity index (χ1v) is 14.9. The Labute approximate surface area is 260 Å². The number of nitrogens with zero attached hydrogens (tertiary/aromatic N) is 2. The molecule has 1 aromatic heterocycles. The van der Waals surface area contributed by atoms with E-state index in [0.717, 1.165) is 53.9 Å². The number of ether oxygens (including phenoxy) is 2. The molecule has 0 saturated heterocycles. The lowest BCUT2D eigenvalue weighted by Gasteiger charge is -2.31. The van der Waals surface area contributed by atoms with Crippen LogP contribution in [0.15, 0.2) is 18.2 Å². The average molecular weight is 617 g/mol. The summed E-state index contributed by atoms with van der Waals surface area (Å²) in [6.07, 6.45) is 4.35. The Morgan fingerprint density at radius 2 is 1.77 bits per heavy atom. The van der Waals surface area contributed by atoms with Gasteiger partial charge in [0.05, 0.1) is 33.1 Å². The largest absolute Gasteiger partial charge is 1.00 e. The normalized spacial score (nSPS) is 19.1. The van der Waals surface area contributed by atoms with Gasteiger partial charge in [0.25, 0.3) is 5.91 Å². The molecule has 1 atom stereocenters. The van der Waals surface area contributed by atoms with Crippen LogP contribution in [0.4, 0.5) is 5.69 Å². The number of nitrogens with one attached hydrogen (secondary N) is 1. The quantitative estimate of drug-likeness (QED) is 0.301. The SMILES string of the molecule is CC(=O)OC(CC(=O)O[C@H]1CC[C@H](Nc2cc(-n3c(C)c(C)c4c3CCCC4=O)ccc2C(N)=O)CC1)C[N+](C)(C)C.[Cl-]. The van der Waals surface area contributed by atoms with Gasteiger partial charge < -0.3 is 42.0 Å². The van der Waals surface area contributed by atoms with Gasteiger partial charge in [-0.15, -0.1) is 0 Å². The van der Waals surface area contributed by atoms with E-state index in [2.05, 4.69) is 9.88 Å². The molecule has 1 heterocycles. The number of amides is 1. The second-order valence-electron chi connectivity index (χ2n) is 12.8. The standard InChI is InChI=1S/C32H44N4O6.ClH/c1-19-20(2)35(28-8-7-9-29(38)31(19)28)23-12-15-26(32(33)40)27(16-23)34-22-10-13-24(14-11-22)42-30(39)17-25(41-21(3)37)18-36(4,5)6;/h12,15-16,22,24-25H,7-11,13-14,17-18H2,1-6H3,(H2-,33,34,40);1H/t22-,24-,25?;. The number of likely N-dealkylation sites (N-methyl/N-ethyl adjacent to an activating group) is 1. The molecule has 0 aliphatic heterocycles. The summed E-state index contributed by atoms with van der Waals surface area (Å²) >= 11 is 0. The van der Waals surface area contributed by atoms with Crippen molar-refractivity contribution in [3.8, 4) is 5.69 Å². The van der Waals surface area contributed by atoms with Gasteiger partial charge in [0.2, 0.25) is 0 Å². The van der Waals surface area contributed by atoms with Crippen LogP contribution in [0.5, 0.6) is 0 Å². The number of nitrogens with two attached hydrogens (primary N) is 1. The minimum absolute atomic E-state index is 0. The number of anilines is 1. The number of Topliss-reactive ketones (excluding diaryl/α,β-unsaturated/α-hetero) is 1. The molecular formula is C32H45ClN4O6. The topological polar surface area (TPSA) is 130 Å². The van der Waals surface area contributed by atoms with Crippen molar-refractivity contribution in [1.82, 2.24) is 4.57 Å². The maximum Gasteiger partial charge on any atom is 0.310 e. The summed E-state index contributed by atoms with van der Waals surface area (Å²) < 4.78 is 13.8. The molecule has 1 unspecified atom stereocenters. The zero-order chi connectivity index (χ0) is 30.8. The number of halogens is 1. The lowest BCUT2D eigenvalue weighted by molar-refractivity contribution is -0.873. The minimum Gasteiger partial charge on any atom is -1.00 e. The molecule has 2 aliphatic carbocycles. The number of hydrogen-bond donors (Lipinski definition) is 2. The Hall–Kier alpha value is -3.37. The number of rotatable bonds is 10. The second kappa shape index (κ2) is 13.9. The lowest BCUT2D eigenvalue weighted by Crippen LogP contribution is -3.00. The Balaban J connectivity index is 0.00000506. The fourth-order valence-corrected chi connectivity index (χ4v) is 6.34. The van der Waals surface area contributed by atoms with Gasteiger partial charge in [-0.05, 0) is 76.1 Å². The van der Waals surface area contributed by atoms with E-state index in [1.807, 2.05) is 47.1 Å². The van der Waals surface area contributed by atoms with Crippen LogP contribution in [0.1, 0.15) is 89.5 Å². The third-order valence-corrected chi connectivity index (χ3v) is 8.24. The van der Waals surface area contributed by atoms with Crippen LogP contribution in [0.2, 0.25) is 0 Å². The number of ketones is 1. The van der Waals surface area contributed by atoms with Gasteiger partial charge in [-0.2, -0.15) is 0 Å². The highest BCUT2D eigenvalue weighted by molar-refractivity contribution is 6.01. The van der Waals surface area contributed by atoms with Crippen LogP contribution in [0.3, 0.4) is 0 Å². The molecule has 43 heavy (non-hydrogen) atoms. The Morgan fingerprint density at radius 1 is 1.09 bits per heavy atom. The van der Waals surface area contributed by atoms with E-state index < -0.39 is 18.0 Å². The van der Waals surface area contributed by atoms with E-state index in [1.54, 1.807) is 6.07 Å². The van der Waals surface area contributed by atoms with Gasteiger partial charge in [-0.1, -0.05) is 0 Å². The lowest BCUT2D eigenvalue weighted by atomic mass is 9.92. The van der Waals surface area contributed by atoms with E-state index in [0.29, 0.717) is 41.5 Å². The summed E-state index contributed by atoms with van der Waals surface area (Å²) in [7, 11) is 5.93. The van der Waals surface area contributed by atoms with Crippen LogP contribution >= 0.6 is 0 Å². The van der Waals surface area contributed by atoms with Crippen molar-refractivity contribution in [2.45, 2.75) is 90.4 Å². The molecule has 236 valence electrons. The van der Waals surface area contributed by atoms with Gasteiger partial charge >= 0.3 is 11.9 Å². The van der Waals surface area contributed by atoms with Crippen molar-refractivity contribution < 1.29 is 45.5 Å². The van der Waals surface area contributed by atoms with Gasteiger partial charge in [-0.3, -0.25) is 19.2 Å². The summed E-state index contributed by atoms with van der Waals surface area (Å²) in [6, 6.07) is 5.65. The highest BCUT2D eigenvalue weighted by Gasteiger charge is 2.30. The summed E-state index contributed by atoms with van der Waals surface area (Å²) in [5.41, 5.74) is 11.6. The van der Waals surface area contributed by atoms with E-state index in [9.17, 15) is 19.2 Å². The van der Waals surface area contributed by atoms with Crippen molar-refractivity contribution in [2.75, 3.05) is 33.0 Å². The predicted molar refractivity (Wildman–Crippen MR) is 160 cm³/mol. The number of aromatic nitrogens is 1. The second-order valence-corrected chi connectivity index (χ2v) is 12.8. The number of quaternary nitrogens is 1. The fraction of sp³-hybridized carbons (Fsp3) is 0.562. The summed E-state index contributed by atoms with van der Waals surface area (Å²) in [5.74, 6) is -1.10. The number of primary amides is 1. The first-order chi connectivity index (χ1) is 19.7. The first-order valence-electron chi connectivity index (χ1n) is 14.9. The molecule has 0 radical (unpaired) electrons. The monoisotopic (exact) mass is 616 g/mol. The van der Waals surface area contributed by atoms with Gasteiger partial charge in [0, 0.05) is 47.7 Å². The number of esters is 2. The number of benzene rings is 1. The Bertz CT molecular complexity index is 1370. The van der Waals surface area contributed by atoms with Crippen LogP contribution in [-0.4, -0.2) is 78.6 Å². The zero-order valence-corrected chi connectivity index (χ0v) is 26.9. The van der Waals surface area contributed by atoms with Crippen LogP contribution in [0, 0.1) is 13.8 Å². The molecule has 11 heteroatoms. The third kappa shape index (κ3) is 8.38. The van der Waals surface area contributed by atoms with Crippen LogP contribution in [-0.2, 0) is 25.5 Å². The van der Waals surface area contributed by atoms with Crippen molar-refractivity contribution in [1.29, 1.82) is 0 Å². The smallest absolute Gasteiger partial charge is 0.310 e. The van der Waals surface area contributed by atoms with Crippen LogP contribution < -0.4 is 23.5 Å². The molecule has 2 aromatic rings. The van der Waals surface area contributed by atoms with Gasteiger partial charge in [0.15, 0.2) is 11.9 Å². The zero-order valence-electron chi connectivity index (χ0n) is 26.1. The molecule has 4 rings (SSSR count). The molecule has 1 saturated carbocycles. The van der Waals surface area contributed by atoms with Crippen molar-refractivity contribution >= 4 is 29.3 Å². The van der Waals surface area contributed by atoms with Crippen molar-refractivity contribution in [3.63, 3.8) is 0 Å². The Morgan fingerprint density at radius 3 is 2.37 bits per heavy atom. The van der Waals surface area contributed by atoms with Gasteiger partial charge in [-0.25, -0.2) is 0 Å². The van der Waals surface area contributed by atoms with Crippen molar-refractivity contribution in [3.05, 3.63) is 46.3 Å². The summed E-state index contributed by atoms with van der Waals surface area (Å²) in [4.78, 5) is 49.2. The van der Waals surface area contributed by atoms with E-state index in [4.69, 9.17) is 15.2 Å². The van der Waals surface area contributed by atoms with E-state index in [-0.39, 0.29) is 42.7 Å². The number of fused-ring (bicyclic) bond motifs is 1. The molecule has 10 nitrogen and oxygen atoms in total. The highest BCUT2D eigenvalue weighted by atomic mass is 35.5. The van der Waals surface area contributed by atoms with Gasteiger partial charge in [0.1, 0.15) is 12.6 Å². The Kier molecular flexibility index (Phi) is 11.1. The fourth-order valence-electron chi connectivity index (χ4n) is 6.34. The first kappa shape index (κ1) is 34.1. The molecule has 0 bridgehead atoms. The molecule has 0 spiro atoms. The highest BCUT2D eigenvalue weighted by Crippen LogP contribution is 2.34. The third-order valence-electron chi connectivity index (χ3n) is 8.24. The van der Waals surface area contributed by atoms with Crippen molar-refractivity contribution in [2.24, 2.45) is 5.73 Å². The summed E-state index contributed by atoms with van der Waals surface area (Å²) in [5, 5.41) is 3.53. The molecular weight excluding hydrogens is 572 g/mol. The number of hydrogen-bond acceptors (Lipinski definition) is 7. The minimum atomic E-state index is -0.538. The molecule has 2 aliphatic rings. The molecule has 3 N–H and O–H groups in total. The summed E-state index contributed by atoms with van der Waals surface area (Å²) in [6.45, 7) is 5.87. The average Bonchev–Trinajstić information content (AvgIpc) is 3.14. The number of carbonyl (C=O) groups excluding carboxylic acids is 4. The molecule has 1 amide bonds. The van der Waals surface area contributed by atoms with E-state index >= 15 is 0 Å².